The van der Waals surface area contributed by atoms with Crippen molar-refractivity contribution in [1.29, 1.82) is 0 Å². The molecule has 66 valence electrons. The summed E-state index contributed by atoms with van der Waals surface area (Å²) in [7, 11) is -3.39. The monoisotopic (exact) mass is 188 g/mol. The van der Waals surface area contributed by atoms with Gasteiger partial charge >= 0.3 is 0 Å². The number of rotatable bonds is 3. The molecule has 5 nitrogen and oxygen atoms in total. The van der Waals surface area contributed by atoms with E-state index in [9.17, 15) is 8.42 Å². The van der Waals surface area contributed by atoms with Crippen molar-refractivity contribution in [2.75, 3.05) is 6.26 Å². The van der Waals surface area contributed by atoms with Crippen LogP contribution in [0.5, 0.6) is 0 Å². The molecule has 0 aromatic carbocycles. The first-order valence-electron chi connectivity index (χ1n) is 3.19. The van der Waals surface area contributed by atoms with Crippen LogP contribution in [0.25, 0.3) is 0 Å². The van der Waals surface area contributed by atoms with Crippen molar-refractivity contribution in [3.05, 3.63) is 24.0 Å². The SMILES string of the molecule is CS(=O)(=O)OCc1cccnn1. The van der Waals surface area contributed by atoms with Gasteiger partial charge in [0.05, 0.1) is 11.9 Å². The molecule has 6 heteroatoms. The van der Waals surface area contributed by atoms with E-state index in [1.807, 2.05) is 0 Å². The zero-order valence-corrected chi connectivity index (χ0v) is 7.28. The van der Waals surface area contributed by atoms with Gasteiger partial charge in [0.25, 0.3) is 10.1 Å². The lowest BCUT2D eigenvalue weighted by molar-refractivity contribution is 0.306. The van der Waals surface area contributed by atoms with Crippen LogP contribution in [-0.2, 0) is 20.9 Å². The minimum absolute atomic E-state index is 0.0628. The van der Waals surface area contributed by atoms with Crippen LogP contribution in [0.15, 0.2) is 18.3 Å². The molecule has 0 amide bonds. The van der Waals surface area contributed by atoms with Gasteiger partial charge in [0.1, 0.15) is 6.61 Å². The van der Waals surface area contributed by atoms with Crippen LogP contribution in [0, 0.1) is 0 Å². The van der Waals surface area contributed by atoms with E-state index in [1.54, 1.807) is 12.1 Å². The van der Waals surface area contributed by atoms with Gasteiger partial charge in [0.15, 0.2) is 0 Å². The fourth-order valence-corrected chi connectivity index (χ4v) is 0.913. The average molecular weight is 188 g/mol. The van der Waals surface area contributed by atoms with Crippen molar-refractivity contribution >= 4 is 10.1 Å². The Morgan fingerprint density at radius 1 is 1.58 bits per heavy atom. The van der Waals surface area contributed by atoms with E-state index in [0.717, 1.165) is 6.26 Å². The van der Waals surface area contributed by atoms with Crippen LogP contribution in [-0.4, -0.2) is 24.9 Å². The zero-order valence-electron chi connectivity index (χ0n) is 6.47. The highest BCUT2D eigenvalue weighted by Gasteiger charge is 2.02. The van der Waals surface area contributed by atoms with Crippen molar-refractivity contribution in [2.24, 2.45) is 0 Å². The van der Waals surface area contributed by atoms with Crippen molar-refractivity contribution in [1.82, 2.24) is 10.2 Å². The van der Waals surface area contributed by atoms with Gasteiger partial charge in [-0.25, -0.2) is 0 Å². The molecule has 0 saturated heterocycles. The Morgan fingerprint density at radius 3 is 2.83 bits per heavy atom. The van der Waals surface area contributed by atoms with E-state index in [1.165, 1.54) is 6.20 Å². The zero-order chi connectivity index (χ0) is 9.03. The van der Waals surface area contributed by atoms with Crippen molar-refractivity contribution in [3.63, 3.8) is 0 Å². The van der Waals surface area contributed by atoms with Gasteiger partial charge < -0.3 is 0 Å². The molecule has 1 rings (SSSR count). The standard InChI is InChI=1S/C6H8N2O3S/c1-12(9,10)11-5-6-3-2-4-7-8-6/h2-4H,5H2,1H3. The smallest absolute Gasteiger partial charge is 0.264 e. The van der Waals surface area contributed by atoms with Crippen molar-refractivity contribution < 1.29 is 12.6 Å². The summed E-state index contributed by atoms with van der Waals surface area (Å²) >= 11 is 0. The summed E-state index contributed by atoms with van der Waals surface area (Å²) in [5, 5.41) is 7.20. The molecule has 0 unspecified atom stereocenters. The Balaban J connectivity index is 2.56. The van der Waals surface area contributed by atoms with E-state index in [-0.39, 0.29) is 6.61 Å². The summed E-state index contributed by atoms with van der Waals surface area (Å²) in [6.45, 7) is -0.0628. The molecule has 1 heterocycles. The molecule has 0 radical (unpaired) electrons. The van der Waals surface area contributed by atoms with Crippen LogP contribution in [0.3, 0.4) is 0 Å². The first kappa shape index (κ1) is 9.08. The van der Waals surface area contributed by atoms with E-state index < -0.39 is 10.1 Å². The first-order valence-corrected chi connectivity index (χ1v) is 5.00. The van der Waals surface area contributed by atoms with Gasteiger partial charge in [-0.05, 0) is 12.1 Å². The molecule has 0 spiro atoms. The third-order valence-electron chi connectivity index (χ3n) is 1.05. The molecule has 12 heavy (non-hydrogen) atoms. The summed E-state index contributed by atoms with van der Waals surface area (Å²) in [5.41, 5.74) is 0.489. The first-order chi connectivity index (χ1) is 5.58. The highest BCUT2D eigenvalue weighted by Crippen LogP contribution is 1.97. The summed E-state index contributed by atoms with van der Waals surface area (Å²) in [4.78, 5) is 0. The topological polar surface area (TPSA) is 69.2 Å². The van der Waals surface area contributed by atoms with Crippen molar-refractivity contribution in [3.8, 4) is 0 Å². The molecule has 0 atom stereocenters. The molecule has 0 saturated carbocycles. The second-order valence-corrected chi connectivity index (χ2v) is 3.83. The maximum atomic E-state index is 10.5. The highest BCUT2D eigenvalue weighted by molar-refractivity contribution is 7.85. The van der Waals surface area contributed by atoms with Crippen LogP contribution in [0.4, 0.5) is 0 Å². The number of hydrogen-bond acceptors (Lipinski definition) is 5. The second-order valence-electron chi connectivity index (χ2n) is 2.18. The minimum atomic E-state index is -3.39. The number of hydrogen-bond donors (Lipinski definition) is 0. The predicted molar refractivity (Wildman–Crippen MR) is 41.7 cm³/mol. The molecule has 0 aliphatic rings. The van der Waals surface area contributed by atoms with E-state index >= 15 is 0 Å². The summed E-state index contributed by atoms with van der Waals surface area (Å²) in [5.74, 6) is 0. The van der Waals surface area contributed by atoms with Crippen LogP contribution in [0.2, 0.25) is 0 Å². The predicted octanol–water partition coefficient (Wildman–Crippen LogP) is -0.0472. The Labute approximate surface area is 70.5 Å². The maximum Gasteiger partial charge on any atom is 0.264 e. The fourth-order valence-electron chi connectivity index (χ4n) is 0.578. The molecule has 1 aromatic rings. The van der Waals surface area contributed by atoms with Crippen LogP contribution in [0.1, 0.15) is 5.69 Å². The molecule has 0 fully saturated rings. The normalized spacial score (nSPS) is 11.4. The largest absolute Gasteiger partial charge is 0.264 e. The maximum absolute atomic E-state index is 10.5. The molecule has 0 N–H and O–H groups in total. The molecule has 0 bridgehead atoms. The quantitative estimate of drug-likeness (QED) is 0.622. The Morgan fingerprint density at radius 2 is 2.33 bits per heavy atom. The van der Waals surface area contributed by atoms with Crippen LogP contribution < -0.4 is 0 Å². The molecule has 0 aliphatic heterocycles. The third-order valence-corrected chi connectivity index (χ3v) is 1.59. The Hall–Kier alpha value is -1.01. The molecule has 0 aliphatic carbocycles. The number of aromatic nitrogens is 2. The third kappa shape index (κ3) is 3.40. The Bertz CT molecular complexity index is 335. The fraction of sp³-hybridized carbons (Fsp3) is 0.333. The lowest BCUT2D eigenvalue weighted by Crippen LogP contribution is -2.04. The van der Waals surface area contributed by atoms with E-state index in [0.29, 0.717) is 5.69 Å². The number of nitrogens with zero attached hydrogens (tertiary/aromatic N) is 2. The van der Waals surface area contributed by atoms with Gasteiger partial charge in [-0.2, -0.15) is 18.6 Å². The average Bonchev–Trinajstić information content (AvgIpc) is 2.02. The molecular formula is C6H8N2O3S. The van der Waals surface area contributed by atoms with Gasteiger partial charge in [-0.3, -0.25) is 4.18 Å². The van der Waals surface area contributed by atoms with Gasteiger partial charge in [-0.1, -0.05) is 0 Å². The van der Waals surface area contributed by atoms with E-state index in [2.05, 4.69) is 14.4 Å². The van der Waals surface area contributed by atoms with Crippen molar-refractivity contribution in [2.45, 2.75) is 6.61 Å². The summed E-state index contributed by atoms with van der Waals surface area (Å²) in [6.07, 6.45) is 2.49. The Kier molecular flexibility index (Phi) is 2.72. The summed E-state index contributed by atoms with van der Waals surface area (Å²) in [6, 6.07) is 3.30. The van der Waals surface area contributed by atoms with Gasteiger partial charge in [0, 0.05) is 6.20 Å². The molecule has 1 aromatic heterocycles. The summed E-state index contributed by atoms with van der Waals surface area (Å²) < 4.78 is 25.6. The van der Waals surface area contributed by atoms with Gasteiger partial charge in [-0.15, -0.1) is 0 Å². The second kappa shape index (κ2) is 3.59. The minimum Gasteiger partial charge on any atom is -0.264 e. The van der Waals surface area contributed by atoms with E-state index in [4.69, 9.17) is 0 Å². The van der Waals surface area contributed by atoms with Crippen LogP contribution >= 0.6 is 0 Å². The highest BCUT2D eigenvalue weighted by atomic mass is 32.2. The van der Waals surface area contributed by atoms with Gasteiger partial charge in [0.2, 0.25) is 0 Å². The lowest BCUT2D eigenvalue weighted by Gasteiger charge is -1.98. The molecular weight excluding hydrogens is 180 g/mol. The lowest BCUT2D eigenvalue weighted by atomic mass is 10.4.